The van der Waals surface area contributed by atoms with Gasteiger partial charge in [0.25, 0.3) is 11.8 Å². The Balaban J connectivity index is 2.22. The van der Waals surface area contributed by atoms with Gasteiger partial charge < -0.3 is 25.4 Å². The molecule has 28 heavy (non-hydrogen) atoms. The smallest absolute Gasteiger partial charge is 0.267 e. The van der Waals surface area contributed by atoms with Gasteiger partial charge in [-0.15, -0.1) is 0 Å². The Hall–Kier alpha value is -3.61. The predicted molar refractivity (Wildman–Crippen MR) is 105 cm³/mol. The molecule has 0 aliphatic carbocycles. The van der Waals surface area contributed by atoms with Gasteiger partial charge in [-0.3, -0.25) is 9.59 Å². The molecule has 0 aliphatic heterocycles. The zero-order valence-electron chi connectivity index (χ0n) is 15.8. The fourth-order valence-corrected chi connectivity index (χ4v) is 2.35. The molecule has 0 spiro atoms. The molecule has 0 atom stereocenters. The lowest BCUT2D eigenvalue weighted by atomic mass is 10.1. The van der Waals surface area contributed by atoms with Crippen LogP contribution >= 0.6 is 0 Å². The van der Waals surface area contributed by atoms with Crippen LogP contribution < -0.4 is 20.6 Å². The minimum absolute atomic E-state index is 0.0183. The zero-order valence-corrected chi connectivity index (χ0v) is 15.8. The molecule has 0 saturated heterocycles. The van der Waals surface area contributed by atoms with E-state index in [1.807, 2.05) is 43.3 Å². The molecule has 0 aliphatic rings. The maximum atomic E-state index is 12.5. The number of carbonyl (C=O) groups is 3. The van der Waals surface area contributed by atoms with E-state index in [2.05, 4.69) is 10.6 Å². The molecule has 2 aromatic carbocycles. The summed E-state index contributed by atoms with van der Waals surface area (Å²) in [7, 11) is 3.84. The Bertz CT molecular complexity index is 859. The van der Waals surface area contributed by atoms with Crippen molar-refractivity contribution in [3.8, 4) is 0 Å². The highest BCUT2D eigenvalue weighted by Crippen LogP contribution is 2.14. The van der Waals surface area contributed by atoms with Crippen molar-refractivity contribution in [3.63, 3.8) is 0 Å². The fraction of sp³-hybridized carbons (Fsp3) is 0.190. The van der Waals surface area contributed by atoms with Gasteiger partial charge in [0.2, 0.25) is 0 Å². The number of nitrogens with zero attached hydrogens (tertiary/aromatic N) is 1. The molecule has 146 valence electrons. The van der Waals surface area contributed by atoms with Crippen LogP contribution in [0.2, 0.25) is 0 Å². The molecule has 0 heterocycles. The molecule has 2 aromatic rings. The molecule has 2 amide bonds. The number of rotatable bonds is 8. The minimum Gasteiger partial charge on any atom is -0.550 e. The number of nitrogens with one attached hydrogen (secondary N) is 2. The van der Waals surface area contributed by atoms with Crippen LogP contribution in [-0.2, 0) is 9.59 Å². The van der Waals surface area contributed by atoms with Gasteiger partial charge in [0.1, 0.15) is 5.70 Å². The normalized spacial score (nSPS) is 10.9. The lowest BCUT2D eigenvalue weighted by molar-refractivity contribution is -0.305. The highest BCUT2D eigenvalue weighted by molar-refractivity contribution is 6.05. The average Bonchev–Trinajstić information content (AvgIpc) is 2.68. The van der Waals surface area contributed by atoms with Gasteiger partial charge in [0.15, 0.2) is 0 Å². The Labute approximate surface area is 163 Å². The van der Waals surface area contributed by atoms with E-state index >= 15 is 0 Å². The highest BCUT2D eigenvalue weighted by Gasteiger charge is 2.14. The van der Waals surface area contributed by atoms with E-state index in [-0.39, 0.29) is 18.7 Å². The fourth-order valence-electron chi connectivity index (χ4n) is 2.35. The zero-order chi connectivity index (χ0) is 20.5. The molecule has 0 radical (unpaired) electrons. The molecule has 0 aromatic heterocycles. The second kappa shape index (κ2) is 9.91. The van der Waals surface area contributed by atoms with E-state index in [9.17, 15) is 19.5 Å². The maximum Gasteiger partial charge on any atom is 0.267 e. The van der Waals surface area contributed by atoms with Crippen molar-refractivity contribution >= 4 is 29.5 Å². The number of carboxylic acid groups (broad SMARTS) is 1. The van der Waals surface area contributed by atoms with Gasteiger partial charge in [-0.05, 0) is 35.9 Å². The Morgan fingerprint density at radius 2 is 1.64 bits per heavy atom. The lowest BCUT2D eigenvalue weighted by Gasteiger charge is -2.13. The summed E-state index contributed by atoms with van der Waals surface area (Å²) in [5.41, 5.74) is 2.12. The van der Waals surface area contributed by atoms with Crippen molar-refractivity contribution in [2.45, 2.75) is 6.42 Å². The number of amides is 2. The molecule has 2 rings (SSSR count). The molecular weight excluding hydrogens is 358 g/mol. The Morgan fingerprint density at radius 1 is 1.00 bits per heavy atom. The Morgan fingerprint density at radius 3 is 2.21 bits per heavy atom. The Kier molecular flexibility index (Phi) is 7.33. The van der Waals surface area contributed by atoms with E-state index < -0.39 is 17.8 Å². The summed E-state index contributed by atoms with van der Waals surface area (Å²) in [5.74, 6) is -2.28. The number of anilines is 1. The van der Waals surface area contributed by atoms with Crippen LogP contribution in [0.25, 0.3) is 6.08 Å². The first-order valence-electron chi connectivity index (χ1n) is 8.70. The third-order valence-electron chi connectivity index (χ3n) is 3.86. The SMILES string of the molecule is CN(C)c1ccc(/C=C(\NC(=O)c2ccccc2)C(=O)NCCC(=O)[O-])cc1. The summed E-state index contributed by atoms with van der Waals surface area (Å²) in [6.07, 6.45) is 1.22. The first-order valence-corrected chi connectivity index (χ1v) is 8.70. The first kappa shape index (κ1) is 20.7. The number of carboxylic acids is 1. The summed E-state index contributed by atoms with van der Waals surface area (Å²) in [6.45, 7) is -0.0979. The largest absolute Gasteiger partial charge is 0.550 e. The summed E-state index contributed by atoms with van der Waals surface area (Å²) in [4.78, 5) is 37.4. The van der Waals surface area contributed by atoms with Crippen LogP contribution in [0.15, 0.2) is 60.3 Å². The number of aliphatic carboxylic acids is 1. The molecule has 0 saturated carbocycles. The summed E-state index contributed by atoms with van der Waals surface area (Å²) < 4.78 is 0. The summed E-state index contributed by atoms with van der Waals surface area (Å²) in [5, 5.41) is 15.6. The third-order valence-corrected chi connectivity index (χ3v) is 3.86. The summed E-state index contributed by atoms with van der Waals surface area (Å²) in [6, 6.07) is 15.9. The molecule has 7 heteroatoms. The topological polar surface area (TPSA) is 102 Å². The number of hydrogen-bond acceptors (Lipinski definition) is 5. The second-order valence-electron chi connectivity index (χ2n) is 6.24. The van der Waals surface area contributed by atoms with E-state index in [1.165, 1.54) is 6.08 Å². The second-order valence-corrected chi connectivity index (χ2v) is 6.24. The number of carbonyl (C=O) groups excluding carboxylic acids is 3. The summed E-state index contributed by atoms with van der Waals surface area (Å²) >= 11 is 0. The van der Waals surface area contributed by atoms with Crippen LogP contribution in [0.3, 0.4) is 0 Å². The van der Waals surface area contributed by atoms with Gasteiger partial charge in [-0.1, -0.05) is 30.3 Å². The standard InChI is InChI=1S/C21H23N3O4/c1-24(2)17-10-8-15(9-11-17)14-18(21(28)22-13-12-19(25)26)23-20(27)16-6-4-3-5-7-16/h3-11,14H,12-13H2,1-2H3,(H,22,28)(H,23,27)(H,25,26)/p-1/b18-14-. The van der Waals surface area contributed by atoms with Crippen molar-refractivity contribution in [1.82, 2.24) is 10.6 Å². The van der Waals surface area contributed by atoms with E-state index in [4.69, 9.17) is 0 Å². The van der Waals surface area contributed by atoms with Gasteiger partial charge >= 0.3 is 0 Å². The minimum atomic E-state index is -1.27. The van der Waals surface area contributed by atoms with Gasteiger partial charge in [0, 0.05) is 44.3 Å². The molecular formula is C21H22N3O4-. The first-order chi connectivity index (χ1) is 13.4. The number of hydrogen-bond donors (Lipinski definition) is 2. The van der Waals surface area contributed by atoms with Crippen LogP contribution in [0.5, 0.6) is 0 Å². The van der Waals surface area contributed by atoms with Gasteiger partial charge in [-0.25, -0.2) is 0 Å². The van der Waals surface area contributed by atoms with Crippen molar-refractivity contribution < 1.29 is 19.5 Å². The molecule has 2 N–H and O–H groups in total. The van der Waals surface area contributed by atoms with Crippen molar-refractivity contribution in [1.29, 1.82) is 0 Å². The van der Waals surface area contributed by atoms with E-state index in [1.54, 1.807) is 30.3 Å². The van der Waals surface area contributed by atoms with Gasteiger partial charge in [-0.2, -0.15) is 0 Å². The van der Waals surface area contributed by atoms with Gasteiger partial charge in [0.05, 0.1) is 0 Å². The van der Waals surface area contributed by atoms with Crippen LogP contribution in [0.4, 0.5) is 5.69 Å². The lowest BCUT2D eigenvalue weighted by Crippen LogP contribution is -2.37. The van der Waals surface area contributed by atoms with Crippen LogP contribution in [0, 0.1) is 0 Å². The van der Waals surface area contributed by atoms with Crippen LogP contribution in [0.1, 0.15) is 22.3 Å². The van der Waals surface area contributed by atoms with Crippen molar-refractivity contribution in [2.75, 3.05) is 25.5 Å². The van der Waals surface area contributed by atoms with Crippen molar-refractivity contribution in [2.24, 2.45) is 0 Å². The number of benzene rings is 2. The average molecular weight is 380 g/mol. The monoisotopic (exact) mass is 380 g/mol. The molecule has 0 fully saturated rings. The van der Waals surface area contributed by atoms with Crippen LogP contribution in [-0.4, -0.2) is 38.4 Å². The molecule has 0 bridgehead atoms. The van der Waals surface area contributed by atoms with Crippen molar-refractivity contribution in [3.05, 3.63) is 71.4 Å². The van der Waals surface area contributed by atoms with E-state index in [0.717, 1.165) is 5.69 Å². The third kappa shape index (κ3) is 6.28. The highest BCUT2D eigenvalue weighted by atomic mass is 16.4. The maximum absolute atomic E-state index is 12.5. The molecule has 7 nitrogen and oxygen atoms in total. The molecule has 0 unspecified atom stereocenters. The quantitative estimate of drug-likeness (QED) is 0.659. The predicted octanol–water partition coefficient (Wildman–Crippen LogP) is 0.780. The van der Waals surface area contributed by atoms with E-state index in [0.29, 0.717) is 11.1 Å².